The Hall–Kier alpha value is -1.80. The first-order chi connectivity index (χ1) is 12.6. The third-order valence-electron chi connectivity index (χ3n) is 4.34. The Labute approximate surface area is 152 Å². The number of hydrogen-bond acceptors (Lipinski definition) is 6. The highest BCUT2D eigenvalue weighted by Gasteiger charge is 2.44. The molecule has 1 aliphatic rings. The SMILES string of the molecule is O[C@@H]1[C@H](O)[C@@H](OCc2ccccc2)[C@@H](O)O[C@@H]1COCc1ccccc1. The molecule has 140 valence electrons. The van der Waals surface area contributed by atoms with Gasteiger partial charge < -0.3 is 29.5 Å². The standard InChI is InChI=1S/C20H24O6/c21-17-16(13-24-11-14-7-3-1-4-8-14)26-20(23)19(18(17)22)25-12-15-9-5-2-6-10-15/h1-10,16-23H,11-13H2/t16-,17+,18+,19-,20+/m1/s1. The number of aliphatic hydroxyl groups excluding tert-OH is 3. The molecule has 26 heavy (non-hydrogen) atoms. The second kappa shape index (κ2) is 9.23. The van der Waals surface area contributed by atoms with Gasteiger partial charge in [0, 0.05) is 0 Å². The van der Waals surface area contributed by atoms with Crippen LogP contribution < -0.4 is 0 Å². The van der Waals surface area contributed by atoms with Crippen LogP contribution in [0.15, 0.2) is 60.7 Å². The number of benzene rings is 2. The number of aliphatic hydroxyl groups is 3. The lowest BCUT2D eigenvalue weighted by Crippen LogP contribution is -2.59. The summed E-state index contributed by atoms with van der Waals surface area (Å²) in [5, 5.41) is 30.7. The van der Waals surface area contributed by atoms with Crippen LogP contribution in [0.1, 0.15) is 11.1 Å². The summed E-state index contributed by atoms with van der Waals surface area (Å²) in [6.07, 6.45) is -5.69. The highest BCUT2D eigenvalue weighted by Crippen LogP contribution is 2.24. The van der Waals surface area contributed by atoms with Crippen molar-refractivity contribution in [3.63, 3.8) is 0 Å². The van der Waals surface area contributed by atoms with Gasteiger partial charge in [-0.3, -0.25) is 0 Å². The molecule has 5 atom stereocenters. The van der Waals surface area contributed by atoms with Crippen LogP contribution >= 0.6 is 0 Å². The Morgan fingerprint density at radius 3 is 1.96 bits per heavy atom. The number of hydrogen-bond donors (Lipinski definition) is 3. The minimum atomic E-state index is -1.34. The van der Waals surface area contributed by atoms with Gasteiger partial charge in [0.05, 0.1) is 19.8 Å². The van der Waals surface area contributed by atoms with E-state index in [9.17, 15) is 15.3 Å². The Bertz CT molecular complexity index is 648. The zero-order valence-corrected chi connectivity index (χ0v) is 14.3. The zero-order chi connectivity index (χ0) is 18.4. The van der Waals surface area contributed by atoms with Gasteiger partial charge in [-0.1, -0.05) is 60.7 Å². The Morgan fingerprint density at radius 2 is 1.35 bits per heavy atom. The minimum absolute atomic E-state index is 0.0512. The maximum Gasteiger partial charge on any atom is 0.184 e. The van der Waals surface area contributed by atoms with Crippen LogP contribution in [0.2, 0.25) is 0 Å². The van der Waals surface area contributed by atoms with Crippen molar-refractivity contribution >= 4 is 0 Å². The van der Waals surface area contributed by atoms with Gasteiger partial charge in [0.1, 0.15) is 24.4 Å². The summed E-state index contributed by atoms with van der Waals surface area (Å²) in [6.45, 7) is 0.605. The fourth-order valence-corrected chi connectivity index (χ4v) is 2.87. The van der Waals surface area contributed by atoms with Crippen molar-refractivity contribution in [2.75, 3.05) is 6.61 Å². The van der Waals surface area contributed by atoms with Gasteiger partial charge in [0.15, 0.2) is 6.29 Å². The summed E-state index contributed by atoms with van der Waals surface area (Å²) in [6, 6.07) is 19.0. The average molecular weight is 360 g/mol. The molecule has 0 amide bonds. The monoisotopic (exact) mass is 360 g/mol. The minimum Gasteiger partial charge on any atom is -0.387 e. The third kappa shape index (κ3) is 4.88. The quantitative estimate of drug-likeness (QED) is 0.688. The normalized spacial score (nSPS) is 28.8. The second-order valence-electron chi connectivity index (χ2n) is 6.31. The molecule has 1 heterocycles. The predicted molar refractivity (Wildman–Crippen MR) is 94.0 cm³/mol. The summed E-state index contributed by atoms with van der Waals surface area (Å²) < 4.78 is 16.5. The molecule has 3 rings (SSSR count). The largest absolute Gasteiger partial charge is 0.387 e. The fraction of sp³-hybridized carbons (Fsp3) is 0.400. The first-order valence-corrected chi connectivity index (χ1v) is 8.62. The van der Waals surface area contributed by atoms with Crippen LogP contribution in [0.4, 0.5) is 0 Å². The van der Waals surface area contributed by atoms with Gasteiger partial charge in [-0.2, -0.15) is 0 Å². The van der Waals surface area contributed by atoms with E-state index in [0.717, 1.165) is 11.1 Å². The van der Waals surface area contributed by atoms with Gasteiger partial charge in [-0.25, -0.2) is 0 Å². The predicted octanol–water partition coefficient (Wildman–Crippen LogP) is 1.23. The maximum atomic E-state index is 10.3. The van der Waals surface area contributed by atoms with E-state index in [1.807, 2.05) is 60.7 Å². The van der Waals surface area contributed by atoms with E-state index in [-0.39, 0.29) is 13.2 Å². The molecule has 0 unspecified atom stereocenters. The van der Waals surface area contributed by atoms with E-state index in [1.165, 1.54) is 0 Å². The number of rotatable bonds is 7. The van der Waals surface area contributed by atoms with Crippen LogP contribution in [-0.4, -0.2) is 52.6 Å². The summed E-state index contributed by atoms with van der Waals surface area (Å²) in [5.74, 6) is 0. The van der Waals surface area contributed by atoms with E-state index in [2.05, 4.69) is 0 Å². The highest BCUT2D eigenvalue weighted by molar-refractivity contribution is 5.14. The Kier molecular flexibility index (Phi) is 6.73. The molecule has 1 aliphatic heterocycles. The summed E-state index contributed by atoms with van der Waals surface area (Å²) >= 11 is 0. The molecular weight excluding hydrogens is 336 g/mol. The van der Waals surface area contributed by atoms with Gasteiger partial charge in [0.25, 0.3) is 0 Å². The summed E-state index contributed by atoms with van der Waals surface area (Å²) in [4.78, 5) is 0. The molecule has 6 heteroatoms. The van der Waals surface area contributed by atoms with Crippen molar-refractivity contribution in [3.8, 4) is 0 Å². The van der Waals surface area contributed by atoms with Crippen LogP contribution in [0.25, 0.3) is 0 Å². The molecule has 6 nitrogen and oxygen atoms in total. The van der Waals surface area contributed by atoms with Crippen molar-refractivity contribution in [2.24, 2.45) is 0 Å². The average Bonchev–Trinajstić information content (AvgIpc) is 2.67. The smallest absolute Gasteiger partial charge is 0.184 e. The lowest BCUT2D eigenvalue weighted by atomic mass is 9.99. The van der Waals surface area contributed by atoms with E-state index in [0.29, 0.717) is 6.61 Å². The summed E-state index contributed by atoms with van der Waals surface area (Å²) in [5.41, 5.74) is 1.89. The van der Waals surface area contributed by atoms with E-state index in [1.54, 1.807) is 0 Å². The van der Waals surface area contributed by atoms with Crippen LogP contribution in [0.3, 0.4) is 0 Å². The molecule has 2 aromatic rings. The van der Waals surface area contributed by atoms with E-state index >= 15 is 0 Å². The highest BCUT2D eigenvalue weighted by atomic mass is 16.7. The second-order valence-corrected chi connectivity index (χ2v) is 6.31. The molecule has 0 bridgehead atoms. The Morgan fingerprint density at radius 1 is 0.769 bits per heavy atom. The summed E-state index contributed by atoms with van der Waals surface area (Å²) in [7, 11) is 0. The van der Waals surface area contributed by atoms with Crippen molar-refractivity contribution in [1.29, 1.82) is 0 Å². The molecule has 0 spiro atoms. The lowest BCUT2D eigenvalue weighted by molar-refractivity contribution is -0.300. The first-order valence-electron chi connectivity index (χ1n) is 8.62. The van der Waals surface area contributed by atoms with E-state index < -0.39 is 30.7 Å². The lowest BCUT2D eigenvalue weighted by Gasteiger charge is -2.40. The zero-order valence-electron chi connectivity index (χ0n) is 14.3. The molecule has 1 fully saturated rings. The van der Waals surface area contributed by atoms with Gasteiger partial charge in [-0.05, 0) is 11.1 Å². The molecule has 0 radical (unpaired) electrons. The van der Waals surface area contributed by atoms with Crippen molar-refractivity contribution < 1.29 is 29.5 Å². The first kappa shape index (κ1) is 19.0. The fourth-order valence-electron chi connectivity index (χ4n) is 2.87. The van der Waals surface area contributed by atoms with E-state index in [4.69, 9.17) is 14.2 Å². The molecule has 0 saturated carbocycles. The van der Waals surface area contributed by atoms with Crippen LogP contribution in [0.5, 0.6) is 0 Å². The topological polar surface area (TPSA) is 88.4 Å². The molecule has 0 aliphatic carbocycles. The third-order valence-corrected chi connectivity index (χ3v) is 4.34. The van der Waals surface area contributed by atoms with Crippen molar-refractivity contribution in [3.05, 3.63) is 71.8 Å². The van der Waals surface area contributed by atoms with Crippen LogP contribution in [-0.2, 0) is 27.4 Å². The van der Waals surface area contributed by atoms with Crippen molar-refractivity contribution in [2.45, 2.75) is 43.9 Å². The van der Waals surface area contributed by atoms with Crippen molar-refractivity contribution in [1.82, 2.24) is 0 Å². The van der Waals surface area contributed by atoms with Gasteiger partial charge in [-0.15, -0.1) is 0 Å². The molecular formula is C20H24O6. The van der Waals surface area contributed by atoms with Gasteiger partial charge >= 0.3 is 0 Å². The molecule has 0 aromatic heterocycles. The number of ether oxygens (including phenoxy) is 3. The molecule has 1 saturated heterocycles. The maximum absolute atomic E-state index is 10.3. The molecule has 3 N–H and O–H groups in total. The van der Waals surface area contributed by atoms with Crippen LogP contribution in [0, 0.1) is 0 Å². The van der Waals surface area contributed by atoms with Gasteiger partial charge in [0.2, 0.25) is 0 Å². The Balaban J connectivity index is 1.49. The molecule has 2 aromatic carbocycles.